The van der Waals surface area contributed by atoms with Crippen LogP contribution in [-0.4, -0.2) is 10.9 Å². The Morgan fingerprint density at radius 1 is 1.46 bits per heavy atom. The molecule has 0 bridgehead atoms. The van der Waals surface area contributed by atoms with Crippen molar-refractivity contribution in [3.63, 3.8) is 0 Å². The van der Waals surface area contributed by atoms with E-state index in [9.17, 15) is 4.39 Å². The second-order valence-electron chi connectivity index (χ2n) is 2.66. The molecule has 4 heteroatoms. The highest BCUT2D eigenvalue weighted by Gasteiger charge is 2.03. The quantitative estimate of drug-likeness (QED) is 0.701. The summed E-state index contributed by atoms with van der Waals surface area (Å²) in [6, 6.07) is 4.62. The average Bonchev–Trinajstić information content (AvgIpc) is 2.46. The van der Waals surface area contributed by atoms with Crippen LogP contribution in [0.15, 0.2) is 18.2 Å². The Hall–Kier alpha value is -0.670. The second-order valence-corrected chi connectivity index (χ2v) is 4.15. The maximum Gasteiger partial charge on any atom is 0.124 e. The third-order valence-corrected chi connectivity index (χ3v) is 2.97. The number of aryl methyl sites for hydroxylation is 1. The van der Waals surface area contributed by atoms with E-state index in [-0.39, 0.29) is 5.82 Å². The van der Waals surface area contributed by atoms with E-state index < -0.39 is 0 Å². The summed E-state index contributed by atoms with van der Waals surface area (Å²) in [5.74, 6) is 0.344. The molecule has 1 aromatic heterocycles. The fourth-order valence-electron chi connectivity index (χ4n) is 1.13. The smallest absolute Gasteiger partial charge is 0.124 e. The van der Waals surface area contributed by atoms with Gasteiger partial charge in [0.25, 0.3) is 0 Å². The minimum Gasteiger partial charge on any atom is -0.241 e. The van der Waals surface area contributed by atoms with Gasteiger partial charge in [-0.1, -0.05) is 0 Å². The summed E-state index contributed by atoms with van der Waals surface area (Å²) >= 11 is 7.09. The predicted octanol–water partition coefficient (Wildman–Crippen LogP) is 3.22. The first-order valence-electron chi connectivity index (χ1n) is 3.90. The van der Waals surface area contributed by atoms with Crippen molar-refractivity contribution in [1.82, 2.24) is 4.98 Å². The third kappa shape index (κ3) is 1.81. The van der Waals surface area contributed by atoms with Crippen molar-refractivity contribution in [3.8, 4) is 0 Å². The van der Waals surface area contributed by atoms with Crippen LogP contribution in [-0.2, 0) is 6.42 Å². The van der Waals surface area contributed by atoms with Crippen LogP contribution in [0.1, 0.15) is 5.01 Å². The van der Waals surface area contributed by atoms with Gasteiger partial charge in [0, 0.05) is 12.3 Å². The van der Waals surface area contributed by atoms with E-state index in [1.54, 1.807) is 6.07 Å². The summed E-state index contributed by atoms with van der Waals surface area (Å²) in [6.07, 6.45) is 0.753. The van der Waals surface area contributed by atoms with Gasteiger partial charge >= 0.3 is 0 Å². The summed E-state index contributed by atoms with van der Waals surface area (Å²) < 4.78 is 13.7. The second kappa shape index (κ2) is 3.60. The van der Waals surface area contributed by atoms with Crippen LogP contribution in [0.2, 0.25) is 0 Å². The first kappa shape index (κ1) is 8.91. The minimum absolute atomic E-state index is 0.214. The van der Waals surface area contributed by atoms with Crippen molar-refractivity contribution in [3.05, 3.63) is 29.0 Å². The van der Waals surface area contributed by atoms with Crippen molar-refractivity contribution in [2.24, 2.45) is 0 Å². The summed E-state index contributed by atoms with van der Waals surface area (Å²) in [6.45, 7) is 0. The predicted molar refractivity (Wildman–Crippen MR) is 54.0 cm³/mol. The number of thiazole rings is 1. The maximum atomic E-state index is 12.8. The molecule has 0 aliphatic rings. The average molecular weight is 216 g/mol. The molecule has 0 spiro atoms. The molecular weight excluding hydrogens is 209 g/mol. The van der Waals surface area contributed by atoms with Crippen LogP contribution >= 0.6 is 22.9 Å². The number of hydrogen-bond acceptors (Lipinski definition) is 2. The molecule has 1 nitrogen and oxygen atoms in total. The zero-order valence-corrected chi connectivity index (χ0v) is 8.33. The molecule has 0 aliphatic carbocycles. The Bertz CT molecular complexity index is 426. The van der Waals surface area contributed by atoms with Gasteiger partial charge in [-0.15, -0.1) is 22.9 Å². The number of alkyl halides is 1. The highest BCUT2D eigenvalue weighted by molar-refractivity contribution is 7.18. The molecule has 2 rings (SSSR count). The van der Waals surface area contributed by atoms with E-state index in [1.165, 1.54) is 23.5 Å². The van der Waals surface area contributed by atoms with Crippen LogP contribution in [0.3, 0.4) is 0 Å². The molecule has 13 heavy (non-hydrogen) atoms. The molecule has 0 radical (unpaired) electrons. The molecule has 1 heterocycles. The number of fused-ring (bicyclic) bond motifs is 1. The Balaban J connectivity index is 2.49. The standard InChI is InChI=1S/C9H7ClFNS/c10-4-3-9-12-7-2-1-6(11)5-8(7)13-9/h1-2,5H,3-4H2. The van der Waals surface area contributed by atoms with E-state index in [4.69, 9.17) is 11.6 Å². The number of hydrogen-bond donors (Lipinski definition) is 0. The van der Waals surface area contributed by atoms with Crippen molar-refractivity contribution in [1.29, 1.82) is 0 Å². The highest BCUT2D eigenvalue weighted by Crippen LogP contribution is 2.23. The monoisotopic (exact) mass is 215 g/mol. The molecule has 0 unspecified atom stereocenters. The molecule has 0 saturated carbocycles. The summed E-state index contributed by atoms with van der Waals surface area (Å²) in [4.78, 5) is 4.31. The van der Waals surface area contributed by atoms with Crippen molar-refractivity contribution in [2.75, 3.05) is 5.88 Å². The Morgan fingerprint density at radius 2 is 2.31 bits per heavy atom. The van der Waals surface area contributed by atoms with Crippen molar-refractivity contribution < 1.29 is 4.39 Å². The summed E-state index contributed by atoms with van der Waals surface area (Å²) in [5.41, 5.74) is 0.853. The van der Waals surface area contributed by atoms with Crippen molar-refractivity contribution in [2.45, 2.75) is 6.42 Å². The molecule has 1 aromatic carbocycles. The number of halogens is 2. The van der Waals surface area contributed by atoms with E-state index >= 15 is 0 Å². The molecular formula is C9H7ClFNS. The third-order valence-electron chi connectivity index (χ3n) is 1.70. The lowest BCUT2D eigenvalue weighted by Gasteiger charge is -1.85. The lowest BCUT2D eigenvalue weighted by atomic mass is 10.3. The number of aromatic nitrogens is 1. The lowest BCUT2D eigenvalue weighted by Crippen LogP contribution is -1.82. The first-order valence-corrected chi connectivity index (χ1v) is 5.25. The fourth-order valence-corrected chi connectivity index (χ4v) is 2.42. The molecule has 68 valence electrons. The summed E-state index contributed by atoms with van der Waals surface area (Å²) in [7, 11) is 0. The van der Waals surface area contributed by atoms with Crippen LogP contribution in [0, 0.1) is 5.82 Å². The van der Waals surface area contributed by atoms with E-state index in [1.807, 2.05) is 0 Å². The Morgan fingerprint density at radius 3 is 3.08 bits per heavy atom. The number of nitrogens with zero attached hydrogens (tertiary/aromatic N) is 1. The fraction of sp³-hybridized carbons (Fsp3) is 0.222. The van der Waals surface area contributed by atoms with Crippen LogP contribution in [0.4, 0.5) is 4.39 Å². The van der Waals surface area contributed by atoms with Gasteiger partial charge in [-0.2, -0.15) is 0 Å². The van der Waals surface area contributed by atoms with Gasteiger partial charge in [-0.05, 0) is 18.2 Å². The molecule has 0 aliphatic heterocycles. The normalized spacial score (nSPS) is 10.9. The van der Waals surface area contributed by atoms with E-state index in [2.05, 4.69) is 4.98 Å². The van der Waals surface area contributed by atoms with Crippen molar-refractivity contribution >= 4 is 33.2 Å². The lowest BCUT2D eigenvalue weighted by molar-refractivity contribution is 0.630. The van der Waals surface area contributed by atoms with Gasteiger partial charge in [0.1, 0.15) is 5.82 Å². The Labute approximate surface area is 84.2 Å². The van der Waals surface area contributed by atoms with Gasteiger partial charge in [0.15, 0.2) is 0 Å². The van der Waals surface area contributed by atoms with E-state index in [0.29, 0.717) is 5.88 Å². The molecule has 0 N–H and O–H groups in total. The molecule has 2 aromatic rings. The molecule has 0 amide bonds. The van der Waals surface area contributed by atoms with Gasteiger partial charge in [0.2, 0.25) is 0 Å². The minimum atomic E-state index is -0.214. The number of benzene rings is 1. The van der Waals surface area contributed by atoms with Gasteiger partial charge < -0.3 is 0 Å². The molecule has 0 saturated heterocycles. The van der Waals surface area contributed by atoms with Gasteiger partial charge in [-0.3, -0.25) is 0 Å². The maximum absolute atomic E-state index is 12.8. The zero-order chi connectivity index (χ0) is 9.26. The van der Waals surface area contributed by atoms with Crippen LogP contribution in [0.25, 0.3) is 10.2 Å². The summed E-state index contributed by atoms with van der Waals surface area (Å²) in [5, 5.41) is 0.968. The Kier molecular flexibility index (Phi) is 2.47. The molecule has 0 fully saturated rings. The first-order chi connectivity index (χ1) is 6.29. The van der Waals surface area contributed by atoms with Gasteiger partial charge in [-0.25, -0.2) is 9.37 Å². The van der Waals surface area contributed by atoms with Gasteiger partial charge in [0.05, 0.1) is 15.2 Å². The zero-order valence-electron chi connectivity index (χ0n) is 6.76. The molecule has 0 atom stereocenters. The SMILES string of the molecule is Fc1ccc2nc(CCCl)sc2c1. The number of rotatable bonds is 2. The van der Waals surface area contributed by atoms with Crippen LogP contribution < -0.4 is 0 Å². The van der Waals surface area contributed by atoms with Crippen LogP contribution in [0.5, 0.6) is 0 Å². The topological polar surface area (TPSA) is 12.9 Å². The van der Waals surface area contributed by atoms with E-state index in [0.717, 1.165) is 21.6 Å². The largest absolute Gasteiger partial charge is 0.241 e. The highest BCUT2D eigenvalue weighted by atomic mass is 35.5.